The van der Waals surface area contributed by atoms with E-state index in [0.717, 1.165) is 48.6 Å². The van der Waals surface area contributed by atoms with E-state index in [-0.39, 0.29) is 10.9 Å². The van der Waals surface area contributed by atoms with Crippen molar-refractivity contribution in [2.75, 3.05) is 6.26 Å². The largest absolute Gasteiger partial charge is 0.293 e. The molecule has 1 unspecified atom stereocenters. The Labute approximate surface area is 209 Å². The molecular weight excluding hydrogens is 475 g/mol. The first-order valence-corrected chi connectivity index (χ1v) is 13.8. The molecule has 0 saturated heterocycles. The summed E-state index contributed by atoms with van der Waals surface area (Å²) in [5.41, 5.74) is 8.01. The van der Waals surface area contributed by atoms with Crippen molar-refractivity contribution in [3.63, 3.8) is 0 Å². The van der Waals surface area contributed by atoms with E-state index in [2.05, 4.69) is 22.1 Å². The molecule has 180 valence electrons. The summed E-state index contributed by atoms with van der Waals surface area (Å²) in [6, 6.07) is 11.4. The SMILES string of the molecule is CS(=O)(=O)c1nccc(C2=Cc3c(ccc4c3CCC3=C4C=CCC3)C(=O)C2c2ccc(F)cc2)n1. The van der Waals surface area contributed by atoms with Gasteiger partial charge in [0, 0.05) is 18.0 Å². The lowest BCUT2D eigenvalue weighted by Gasteiger charge is -2.31. The first-order valence-electron chi connectivity index (χ1n) is 11.9. The summed E-state index contributed by atoms with van der Waals surface area (Å²) in [6.45, 7) is 0. The first kappa shape index (κ1) is 22.7. The Morgan fingerprint density at radius 1 is 0.972 bits per heavy atom. The Morgan fingerprint density at radius 3 is 2.53 bits per heavy atom. The van der Waals surface area contributed by atoms with Gasteiger partial charge in [0.2, 0.25) is 15.0 Å². The average molecular weight is 499 g/mol. The van der Waals surface area contributed by atoms with E-state index in [1.165, 1.54) is 29.5 Å². The highest BCUT2D eigenvalue weighted by Crippen LogP contribution is 2.45. The van der Waals surface area contributed by atoms with E-state index in [1.54, 1.807) is 18.2 Å². The van der Waals surface area contributed by atoms with Crippen LogP contribution in [-0.2, 0) is 16.3 Å². The van der Waals surface area contributed by atoms with Crippen LogP contribution in [0.4, 0.5) is 4.39 Å². The summed E-state index contributed by atoms with van der Waals surface area (Å²) in [4.78, 5) is 22.3. The van der Waals surface area contributed by atoms with Gasteiger partial charge in [0.15, 0.2) is 5.78 Å². The van der Waals surface area contributed by atoms with E-state index in [4.69, 9.17) is 0 Å². The second-order valence-electron chi connectivity index (χ2n) is 9.46. The van der Waals surface area contributed by atoms with E-state index < -0.39 is 21.6 Å². The molecule has 3 aliphatic rings. The molecule has 3 aromatic rings. The van der Waals surface area contributed by atoms with Crippen LogP contribution in [0.15, 0.2) is 71.5 Å². The number of allylic oxidation sites excluding steroid dienone is 5. The Hall–Kier alpha value is -3.71. The van der Waals surface area contributed by atoms with Crippen molar-refractivity contribution < 1.29 is 17.6 Å². The number of hydrogen-bond donors (Lipinski definition) is 0. The molecule has 0 bridgehead atoms. The summed E-state index contributed by atoms with van der Waals surface area (Å²) in [5, 5.41) is -0.297. The number of carbonyl (C=O) groups excluding carboxylic acids is 1. The number of ketones is 1. The Kier molecular flexibility index (Phi) is 5.34. The number of benzene rings is 2. The Balaban J connectivity index is 1.59. The van der Waals surface area contributed by atoms with Gasteiger partial charge in [-0.1, -0.05) is 42.0 Å². The second-order valence-corrected chi connectivity index (χ2v) is 11.4. The van der Waals surface area contributed by atoms with Crippen LogP contribution in [0.5, 0.6) is 0 Å². The molecule has 0 N–H and O–H groups in total. The first-order chi connectivity index (χ1) is 17.3. The Morgan fingerprint density at radius 2 is 1.75 bits per heavy atom. The number of aromatic nitrogens is 2. The normalized spacial score (nSPS) is 18.9. The molecule has 7 heteroatoms. The molecule has 0 fully saturated rings. The molecule has 0 aliphatic heterocycles. The van der Waals surface area contributed by atoms with Crippen LogP contribution in [0.3, 0.4) is 0 Å². The molecule has 1 heterocycles. The number of fused-ring (bicyclic) bond motifs is 4. The molecule has 3 aliphatic carbocycles. The third kappa shape index (κ3) is 3.75. The smallest absolute Gasteiger partial charge is 0.247 e. The van der Waals surface area contributed by atoms with E-state index in [0.29, 0.717) is 22.4 Å². The van der Waals surface area contributed by atoms with E-state index in [9.17, 15) is 17.6 Å². The molecule has 5 nitrogen and oxygen atoms in total. The number of hydrogen-bond acceptors (Lipinski definition) is 5. The zero-order valence-corrected chi connectivity index (χ0v) is 20.5. The van der Waals surface area contributed by atoms with Gasteiger partial charge in [0.1, 0.15) is 5.82 Å². The molecule has 0 radical (unpaired) electrons. The van der Waals surface area contributed by atoms with Crippen molar-refractivity contribution in [3.8, 4) is 0 Å². The number of nitrogens with zero attached hydrogens (tertiary/aromatic N) is 2. The second kappa shape index (κ2) is 8.45. The fourth-order valence-corrected chi connectivity index (χ4v) is 6.03. The maximum Gasteiger partial charge on any atom is 0.247 e. The fraction of sp³-hybridized carbons (Fsp3) is 0.207. The van der Waals surface area contributed by atoms with Crippen LogP contribution < -0.4 is 0 Å². The van der Waals surface area contributed by atoms with Crippen LogP contribution in [-0.4, -0.2) is 30.4 Å². The topological polar surface area (TPSA) is 77.0 Å². The van der Waals surface area contributed by atoms with Crippen molar-refractivity contribution in [2.45, 2.75) is 36.8 Å². The van der Waals surface area contributed by atoms with Crippen molar-refractivity contribution in [2.24, 2.45) is 0 Å². The molecule has 0 amide bonds. The minimum Gasteiger partial charge on any atom is -0.293 e. The maximum atomic E-state index is 14.0. The summed E-state index contributed by atoms with van der Waals surface area (Å²) in [5.74, 6) is -1.25. The standard InChI is InChI=1S/C29H23FN2O3S/c1-36(34,35)29-31-15-14-26(32-29)25-16-24-22-11-8-17-4-2-3-5-20(17)21(22)12-13-23(24)28(33)27(25)18-6-9-19(30)10-7-18/h3,5-7,9-10,12-16,27H,2,4,8,11H2,1H3. The minimum atomic E-state index is -3.65. The van der Waals surface area contributed by atoms with Gasteiger partial charge in [-0.25, -0.2) is 22.8 Å². The lowest BCUT2D eigenvalue weighted by molar-refractivity contribution is 0.0978. The third-order valence-corrected chi connectivity index (χ3v) is 8.06. The monoisotopic (exact) mass is 498 g/mol. The fourth-order valence-electron chi connectivity index (χ4n) is 5.52. The van der Waals surface area contributed by atoms with Gasteiger partial charge in [0.05, 0.1) is 11.6 Å². The number of sulfone groups is 1. The van der Waals surface area contributed by atoms with E-state index in [1.807, 2.05) is 18.2 Å². The molecule has 1 aromatic heterocycles. The molecule has 0 saturated carbocycles. The van der Waals surface area contributed by atoms with Crippen LogP contribution in [0.2, 0.25) is 0 Å². The Bertz CT molecular complexity index is 1630. The summed E-state index contributed by atoms with van der Waals surface area (Å²) in [6.07, 6.45) is 12.7. The number of carbonyl (C=O) groups is 1. The van der Waals surface area contributed by atoms with Crippen molar-refractivity contribution in [1.82, 2.24) is 9.97 Å². The molecule has 1 atom stereocenters. The zero-order valence-electron chi connectivity index (χ0n) is 19.7. The van der Waals surface area contributed by atoms with Crippen molar-refractivity contribution >= 4 is 32.8 Å². The third-order valence-electron chi connectivity index (χ3n) is 7.20. The molecule has 36 heavy (non-hydrogen) atoms. The van der Waals surface area contributed by atoms with E-state index >= 15 is 0 Å². The van der Waals surface area contributed by atoms with Crippen molar-refractivity contribution in [1.29, 1.82) is 0 Å². The van der Waals surface area contributed by atoms with Gasteiger partial charge in [-0.2, -0.15) is 0 Å². The van der Waals surface area contributed by atoms with Crippen LogP contribution >= 0.6 is 0 Å². The van der Waals surface area contributed by atoms with Gasteiger partial charge < -0.3 is 0 Å². The summed E-state index contributed by atoms with van der Waals surface area (Å²) >= 11 is 0. The molecule has 0 spiro atoms. The van der Waals surface area contributed by atoms with Gasteiger partial charge in [-0.05, 0) is 83.4 Å². The summed E-state index contributed by atoms with van der Waals surface area (Å²) in [7, 11) is -3.65. The average Bonchev–Trinajstić information content (AvgIpc) is 2.88. The van der Waals surface area contributed by atoms with Crippen LogP contribution in [0.1, 0.15) is 63.5 Å². The quantitative estimate of drug-likeness (QED) is 0.440. The lowest BCUT2D eigenvalue weighted by Crippen LogP contribution is -2.22. The van der Waals surface area contributed by atoms with Gasteiger partial charge in [-0.15, -0.1) is 0 Å². The molecule has 6 rings (SSSR count). The number of halogens is 1. The van der Waals surface area contributed by atoms with Crippen molar-refractivity contribution in [3.05, 3.63) is 106 Å². The predicted octanol–water partition coefficient (Wildman–Crippen LogP) is 5.59. The molecule has 2 aromatic carbocycles. The highest BCUT2D eigenvalue weighted by molar-refractivity contribution is 7.90. The maximum absolute atomic E-state index is 14.0. The molecular formula is C29H23FN2O3S. The minimum absolute atomic E-state index is 0.115. The number of Topliss-reactive ketones (excluding diaryl/α,β-unsaturated/α-hetero) is 1. The highest BCUT2D eigenvalue weighted by atomic mass is 32.2. The van der Waals surface area contributed by atoms with Crippen LogP contribution in [0.25, 0.3) is 17.2 Å². The van der Waals surface area contributed by atoms with Gasteiger partial charge in [0.25, 0.3) is 0 Å². The lowest BCUT2D eigenvalue weighted by atomic mass is 9.72. The number of rotatable bonds is 3. The van der Waals surface area contributed by atoms with Crippen LogP contribution in [0, 0.1) is 5.82 Å². The van der Waals surface area contributed by atoms with Gasteiger partial charge in [-0.3, -0.25) is 4.79 Å². The predicted molar refractivity (Wildman–Crippen MR) is 137 cm³/mol. The summed E-state index contributed by atoms with van der Waals surface area (Å²) < 4.78 is 38.1. The highest BCUT2D eigenvalue weighted by Gasteiger charge is 2.35. The van der Waals surface area contributed by atoms with Gasteiger partial charge >= 0.3 is 0 Å². The zero-order chi connectivity index (χ0) is 25.0.